The van der Waals surface area contributed by atoms with Crippen LogP contribution in [-0.4, -0.2) is 32.3 Å². The van der Waals surface area contributed by atoms with Gasteiger partial charge < -0.3 is 15.4 Å². The molecule has 1 aromatic carbocycles. The molecule has 1 aromatic rings. The maximum absolute atomic E-state index is 8.78. The van der Waals surface area contributed by atoms with Crippen LogP contribution in [0.25, 0.3) is 0 Å². The van der Waals surface area contributed by atoms with E-state index in [4.69, 9.17) is 27.3 Å². The second-order valence-corrected chi connectivity index (χ2v) is 4.36. The Balaban J connectivity index is 2.19. The van der Waals surface area contributed by atoms with E-state index in [1.807, 2.05) is 6.07 Å². The Morgan fingerprint density at radius 3 is 3.06 bits per heavy atom. The smallest absolute Gasteiger partial charge is 0.0992 e. The predicted molar refractivity (Wildman–Crippen MR) is 67.2 cm³/mol. The molecule has 0 saturated carbocycles. The number of anilines is 1. The number of ether oxygens (including phenoxy) is 1. The molecule has 2 N–H and O–H groups in total. The number of hydrogen-bond donors (Lipinski definition) is 1. The van der Waals surface area contributed by atoms with Crippen LogP contribution in [0.5, 0.6) is 0 Å². The lowest BCUT2D eigenvalue weighted by Gasteiger charge is -2.34. The fourth-order valence-corrected chi connectivity index (χ4v) is 2.21. The molecular weight excluding hydrogens is 238 g/mol. The maximum Gasteiger partial charge on any atom is 0.0992 e. The molecule has 4 nitrogen and oxygen atoms in total. The molecule has 1 unspecified atom stereocenters. The molecule has 0 aromatic heterocycles. The van der Waals surface area contributed by atoms with Crippen molar-refractivity contribution in [2.45, 2.75) is 6.10 Å². The van der Waals surface area contributed by atoms with E-state index in [2.05, 4.69) is 11.0 Å². The molecule has 0 aliphatic carbocycles. The quantitative estimate of drug-likeness (QED) is 0.863. The molecule has 2 rings (SSSR count). The maximum atomic E-state index is 8.78. The summed E-state index contributed by atoms with van der Waals surface area (Å²) in [5.74, 6) is 0. The van der Waals surface area contributed by atoms with Crippen molar-refractivity contribution in [1.29, 1.82) is 5.26 Å². The van der Waals surface area contributed by atoms with Crippen molar-refractivity contribution >= 4 is 17.3 Å². The van der Waals surface area contributed by atoms with Crippen LogP contribution in [0.2, 0.25) is 5.02 Å². The van der Waals surface area contributed by atoms with Gasteiger partial charge >= 0.3 is 0 Å². The monoisotopic (exact) mass is 251 g/mol. The summed E-state index contributed by atoms with van der Waals surface area (Å²) in [6, 6.07) is 7.40. The molecule has 1 fully saturated rings. The Kier molecular flexibility index (Phi) is 3.85. The van der Waals surface area contributed by atoms with Gasteiger partial charge in [-0.2, -0.15) is 5.26 Å². The number of nitrogens with two attached hydrogens (primary N) is 1. The summed E-state index contributed by atoms with van der Waals surface area (Å²) < 4.78 is 5.50. The zero-order valence-corrected chi connectivity index (χ0v) is 10.2. The van der Waals surface area contributed by atoms with E-state index in [0.717, 1.165) is 18.8 Å². The van der Waals surface area contributed by atoms with Crippen molar-refractivity contribution in [2.24, 2.45) is 5.73 Å². The van der Waals surface area contributed by atoms with Crippen LogP contribution in [0.3, 0.4) is 0 Å². The number of halogens is 1. The van der Waals surface area contributed by atoms with Crippen LogP contribution in [0.4, 0.5) is 5.69 Å². The van der Waals surface area contributed by atoms with Crippen molar-refractivity contribution < 1.29 is 4.74 Å². The van der Waals surface area contributed by atoms with E-state index < -0.39 is 0 Å². The van der Waals surface area contributed by atoms with Gasteiger partial charge in [-0.1, -0.05) is 11.6 Å². The van der Waals surface area contributed by atoms with E-state index >= 15 is 0 Å². The van der Waals surface area contributed by atoms with Crippen molar-refractivity contribution in [3.05, 3.63) is 28.8 Å². The number of morpholine rings is 1. The summed E-state index contributed by atoms with van der Waals surface area (Å²) in [5, 5.41) is 9.38. The molecule has 1 heterocycles. The van der Waals surface area contributed by atoms with Gasteiger partial charge in [-0.05, 0) is 18.2 Å². The molecule has 5 heteroatoms. The minimum absolute atomic E-state index is 0.0514. The van der Waals surface area contributed by atoms with Gasteiger partial charge in [0.2, 0.25) is 0 Å². The van der Waals surface area contributed by atoms with Gasteiger partial charge in [0.05, 0.1) is 35.1 Å². The highest BCUT2D eigenvalue weighted by Crippen LogP contribution is 2.28. The SMILES string of the molecule is N#Cc1ccc(N2CCOC(CN)C2)c(Cl)c1. The Morgan fingerprint density at radius 1 is 1.59 bits per heavy atom. The zero-order chi connectivity index (χ0) is 12.3. The Bertz CT molecular complexity index is 444. The van der Waals surface area contributed by atoms with Crippen LogP contribution in [-0.2, 0) is 4.74 Å². The predicted octanol–water partition coefficient (Wildman–Crippen LogP) is 1.38. The molecule has 1 saturated heterocycles. The second-order valence-electron chi connectivity index (χ2n) is 3.95. The molecule has 90 valence electrons. The standard InChI is InChI=1S/C12H14ClN3O/c13-11-5-9(6-14)1-2-12(11)16-3-4-17-10(7-15)8-16/h1-2,5,10H,3-4,7-8,15H2. The van der Waals surface area contributed by atoms with Gasteiger partial charge in [0.1, 0.15) is 0 Å². The lowest BCUT2D eigenvalue weighted by Crippen LogP contribution is -2.45. The summed E-state index contributed by atoms with van der Waals surface area (Å²) in [5.41, 5.74) is 7.11. The van der Waals surface area contributed by atoms with Gasteiger partial charge in [0.25, 0.3) is 0 Å². The van der Waals surface area contributed by atoms with Gasteiger partial charge in [0, 0.05) is 19.6 Å². The van der Waals surface area contributed by atoms with Gasteiger partial charge in [-0.3, -0.25) is 0 Å². The third kappa shape index (κ3) is 2.70. The molecule has 0 bridgehead atoms. The topological polar surface area (TPSA) is 62.3 Å². The van der Waals surface area contributed by atoms with Crippen LogP contribution < -0.4 is 10.6 Å². The van der Waals surface area contributed by atoms with Gasteiger partial charge in [-0.15, -0.1) is 0 Å². The highest BCUT2D eigenvalue weighted by Gasteiger charge is 2.21. The summed E-state index contributed by atoms with van der Waals surface area (Å²) in [4.78, 5) is 2.14. The normalized spacial score (nSPS) is 20.1. The Morgan fingerprint density at radius 2 is 2.41 bits per heavy atom. The highest BCUT2D eigenvalue weighted by atomic mass is 35.5. The molecule has 0 radical (unpaired) electrons. The largest absolute Gasteiger partial charge is 0.373 e. The zero-order valence-electron chi connectivity index (χ0n) is 9.40. The third-order valence-electron chi connectivity index (χ3n) is 2.82. The first-order chi connectivity index (χ1) is 8.24. The van der Waals surface area contributed by atoms with Crippen molar-refractivity contribution in [3.63, 3.8) is 0 Å². The lowest BCUT2D eigenvalue weighted by molar-refractivity contribution is 0.0466. The second kappa shape index (κ2) is 5.37. The molecule has 1 atom stereocenters. The first-order valence-corrected chi connectivity index (χ1v) is 5.88. The van der Waals surface area contributed by atoms with Crippen molar-refractivity contribution in [1.82, 2.24) is 0 Å². The van der Waals surface area contributed by atoms with E-state index in [0.29, 0.717) is 23.7 Å². The van der Waals surface area contributed by atoms with E-state index in [-0.39, 0.29) is 6.10 Å². The fraction of sp³-hybridized carbons (Fsp3) is 0.417. The molecule has 1 aliphatic rings. The summed E-state index contributed by atoms with van der Waals surface area (Å²) in [7, 11) is 0. The molecule has 1 aliphatic heterocycles. The number of benzene rings is 1. The molecule has 0 spiro atoms. The summed E-state index contributed by atoms with van der Waals surface area (Å²) >= 11 is 6.17. The number of nitriles is 1. The van der Waals surface area contributed by atoms with E-state index in [1.165, 1.54) is 0 Å². The van der Waals surface area contributed by atoms with Crippen LogP contribution in [0, 0.1) is 11.3 Å². The lowest BCUT2D eigenvalue weighted by atomic mass is 10.2. The average Bonchev–Trinajstić information content (AvgIpc) is 2.38. The Labute approximate surface area is 106 Å². The minimum atomic E-state index is 0.0514. The first kappa shape index (κ1) is 12.2. The first-order valence-electron chi connectivity index (χ1n) is 5.51. The number of rotatable bonds is 2. The van der Waals surface area contributed by atoms with Crippen LogP contribution >= 0.6 is 11.6 Å². The Hall–Kier alpha value is -1.28. The molecule has 17 heavy (non-hydrogen) atoms. The summed E-state index contributed by atoms with van der Waals surface area (Å²) in [6.45, 7) is 2.69. The fourth-order valence-electron chi connectivity index (χ4n) is 1.91. The minimum Gasteiger partial charge on any atom is -0.373 e. The highest BCUT2D eigenvalue weighted by molar-refractivity contribution is 6.33. The average molecular weight is 252 g/mol. The van der Waals surface area contributed by atoms with Crippen LogP contribution in [0.1, 0.15) is 5.56 Å². The van der Waals surface area contributed by atoms with E-state index in [9.17, 15) is 0 Å². The summed E-state index contributed by atoms with van der Waals surface area (Å²) in [6.07, 6.45) is 0.0514. The molecule has 0 amide bonds. The molecular formula is C12H14ClN3O. The van der Waals surface area contributed by atoms with Gasteiger partial charge in [-0.25, -0.2) is 0 Å². The number of nitrogens with zero attached hydrogens (tertiary/aromatic N) is 2. The third-order valence-corrected chi connectivity index (χ3v) is 3.12. The van der Waals surface area contributed by atoms with E-state index in [1.54, 1.807) is 12.1 Å². The van der Waals surface area contributed by atoms with Gasteiger partial charge in [0.15, 0.2) is 0 Å². The number of hydrogen-bond acceptors (Lipinski definition) is 4. The van der Waals surface area contributed by atoms with Crippen molar-refractivity contribution in [3.8, 4) is 6.07 Å². The van der Waals surface area contributed by atoms with Crippen molar-refractivity contribution in [2.75, 3.05) is 31.1 Å². The van der Waals surface area contributed by atoms with Crippen LogP contribution in [0.15, 0.2) is 18.2 Å².